The van der Waals surface area contributed by atoms with Gasteiger partial charge in [0.2, 0.25) is 11.1 Å². The van der Waals surface area contributed by atoms with Crippen molar-refractivity contribution in [1.29, 1.82) is 5.26 Å². The molecule has 10 heteroatoms. The van der Waals surface area contributed by atoms with Crippen molar-refractivity contribution in [3.8, 4) is 12.0 Å². The molecule has 1 saturated carbocycles. The minimum Gasteiger partial charge on any atom is -0.337 e. The number of hydrogen-bond donors (Lipinski definition) is 2. The van der Waals surface area contributed by atoms with E-state index in [2.05, 4.69) is 26.7 Å². The average molecular weight is 389 g/mol. The first-order valence-corrected chi connectivity index (χ1v) is 10.0. The quantitative estimate of drug-likeness (QED) is 0.452. The van der Waals surface area contributed by atoms with E-state index in [4.69, 9.17) is 5.84 Å². The summed E-state index contributed by atoms with van der Waals surface area (Å²) in [5.41, 5.74) is 0.999. The first-order chi connectivity index (χ1) is 12.9. The van der Waals surface area contributed by atoms with E-state index in [1.54, 1.807) is 4.68 Å². The number of amides is 1. The molecule has 0 radical (unpaired) electrons. The van der Waals surface area contributed by atoms with E-state index in [9.17, 15) is 10.1 Å². The lowest BCUT2D eigenvalue weighted by Crippen LogP contribution is -2.47. The molecule has 1 amide bonds. The van der Waals surface area contributed by atoms with Crippen LogP contribution in [0.5, 0.6) is 0 Å². The average Bonchev–Trinajstić information content (AvgIpc) is 3.06. The second-order valence-corrected chi connectivity index (χ2v) is 7.88. The number of nitrogen functional groups attached to an aromatic ring is 1. The molecule has 9 nitrogen and oxygen atoms in total. The lowest BCUT2D eigenvalue weighted by molar-refractivity contribution is -0.120. The molecule has 144 valence electrons. The predicted octanol–water partition coefficient (Wildman–Crippen LogP) is 1.62. The maximum atomic E-state index is 12.4. The van der Waals surface area contributed by atoms with Crippen molar-refractivity contribution in [2.45, 2.75) is 63.1 Å². The molecule has 0 saturated heterocycles. The number of nitrogens with zero attached hydrogens (tertiary/aromatic N) is 6. The molecule has 0 atom stereocenters. The largest absolute Gasteiger partial charge is 0.337 e. The van der Waals surface area contributed by atoms with Gasteiger partial charge >= 0.3 is 0 Å². The van der Waals surface area contributed by atoms with Crippen LogP contribution in [-0.2, 0) is 4.79 Å². The molecule has 1 aliphatic rings. The van der Waals surface area contributed by atoms with Crippen LogP contribution in [0.1, 0.15) is 49.9 Å². The number of rotatable bonds is 5. The van der Waals surface area contributed by atoms with E-state index in [1.807, 2.05) is 19.9 Å². The Morgan fingerprint density at radius 1 is 1.33 bits per heavy atom. The number of thioether (sulfide) groups is 1. The summed E-state index contributed by atoms with van der Waals surface area (Å²) in [5, 5.41) is 25.4. The minimum atomic E-state index is -0.751. The third-order valence-electron chi connectivity index (χ3n) is 4.73. The Kier molecular flexibility index (Phi) is 5.70. The van der Waals surface area contributed by atoms with Crippen LogP contribution in [0.4, 0.5) is 0 Å². The molecule has 0 aromatic carbocycles. The van der Waals surface area contributed by atoms with E-state index in [0.29, 0.717) is 23.9 Å². The van der Waals surface area contributed by atoms with Crippen molar-refractivity contribution in [3.63, 3.8) is 0 Å². The zero-order valence-corrected chi connectivity index (χ0v) is 16.4. The fourth-order valence-electron chi connectivity index (χ4n) is 3.37. The van der Waals surface area contributed by atoms with Crippen molar-refractivity contribution in [1.82, 2.24) is 30.0 Å². The van der Waals surface area contributed by atoms with Crippen molar-refractivity contribution in [2.24, 2.45) is 0 Å². The standard InChI is InChI=1S/C17H24N8OS/c1-12-9-13(2)25(23-12)15-21-22-16(24(15)19)27-10-14(26)20-17(11-18)7-5-3-4-6-8-17/h9H,3-8,10,19H2,1-2H3,(H,20,26). The Bertz CT molecular complexity index is 857. The molecule has 1 aliphatic carbocycles. The number of aromatic nitrogens is 5. The molecule has 0 unspecified atom stereocenters. The van der Waals surface area contributed by atoms with Gasteiger partial charge in [0.25, 0.3) is 5.95 Å². The molecule has 2 aromatic rings. The van der Waals surface area contributed by atoms with Gasteiger partial charge < -0.3 is 11.2 Å². The number of carbonyl (C=O) groups is 1. The second kappa shape index (κ2) is 8.00. The van der Waals surface area contributed by atoms with Crippen molar-refractivity contribution in [3.05, 3.63) is 17.5 Å². The maximum Gasteiger partial charge on any atom is 0.271 e. The summed E-state index contributed by atoms with van der Waals surface area (Å²) < 4.78 is 2.94. The number of aryl methyl sites for hydroxylation is 2. The van der Waals surface area contributed by atoms with Crippen LogP contribution in [0.3, 0.4) is 0 Å². The third-order valence-corrected chi connectivity index (χ3v) is 5.67. The van der Waals surface area contributed by atoms with E-state index >= 15 is 0 Å². The zero-order chi connectivity index (χ0) is 19.4. The van der Waals surface area contributed by atoms with Crippen molar-refractivity contribution < 1.29 is 4.79 Å². The second-order valence-electron chi connectivity index (χ2n) is 6.94. The highest BCUT2D eigenvalue weighted by molar-refractivity contribution is 7.99. The Hall–Kier alpha value is -2.54. The smallest absolute Gasteiger partial charge is 0.271 e. The highest BCUT2D eigenvalue weighted by Crippen LogP contribution is 2.27. The molecule has 3 N–H and O–H groups in total. The van der Waals surface area contributed by atoms with Crippen molar-refractivity contribution in [2.75, 3.05) is 11.6 Å². The molecule has 2 aromatic heterocycles. The molecule has 0 aliphatic heterocycles. The van der Waals surface area contributed by atoms with Crippen LogP contribution >= 0.6 is 11.8 Å². The number of nitrogens with two attached hydrogens (primary N) is 1. The van der Waals surface area contributed by atoms with Crippen LogP contribution in [0.2, 0.25) is 0 Å². The normalized spacial score (nSPS) is 16.5. The molecule has 2 heterocycles. The summed E-state index contributed by atoms with van der Waals surface area (Å²) >= 11 is 1.19. The molecular formula is C17H24N8OS. The van der Waals surface area contributed by atoms with Gasteiger partial charge in [0.15, 0.2) is 0 Å². The van der Waals surface area contributed by atoms with Gasteiger partial charge in [-0.2, -0.15) is 10.4 Å². The summed E-state index contributed by atoms with van der Waals surface area (Å²) in [7, 11) is 0. The van der Waals surface area contributed by atoms with Gasteiger partial charge in [0.05, 0.1) is 17.5 Å². The van der Waals surface area contributed by atoms with Crippen LogP contribution in [0, 0.1) is 25.2 Å². The lowest BCUT2D eigenvalue weighted by Gasteiger charge is -2.26. The van der Waals surface area contributed by atoms with Gasteiger partial charge in [-0.1, -0.05) is 37.4 Å². The number of nitriles is 1. The van der Waals surface area contributed by atoms with Crippen molar-refractivity contribution >= 4 is 17.7 Å². The highest BCUT2D eigenvalue weighted by Gasteiger charge is 2.32. The predicted molar refractivity (Wildman–Crippen MR) is 102 cm³/mol. The van der Waals surface area contributed by atoms with E-state index in [0.717, 1.165) is 37.1 Å². The van der Waals surface area contributed by atoms with E-state index in [-0.39, 0.29) is 11.7 Å². The molecule has 0 spiro atoms. The maximum absolute atomic E-state index is 12.4. The fourth-order valence-corrected chi connectivity index (χ4v) is 4.03. The molecule has 0 bridgehead atoms. The Morgan fingerprint density at radius 3 is 2.63 bits per heavy atom. The van der Waals surface area contributed by atoms with Gasteiger partial charge in [0, 0.05) is 5.69 Å². The molecule has 1 fully saturated rings. The fraction of sp³-hybridized carbons (Fsp3) is 0.588. The number of nitrogens with one attached hydrogen (secondary N) is 1. The zero-order valence-electron chi connectivity index (χ0n) is 15.6. The Balaban J connectivity index is 1.64. The summed E-state index contributed by atoms with van der Waals surface area (Å²) in [6.07, 6.45) is 5.55. The van der Waals surface area contributed by atoms with Gasteiger partial charge in [-0.15, -0.1) is 10.2 Å². The van der Waals surface area contributed by atoms with Gasteiger partial charge in [0.1, 0.15) is 5.54 Å². The Morgan fingerprint density at radius 2 is 2.04 bits per heavy atom. The first kappa shape index (κ1) is 19.2. The monoisotopic (exact) mass is 388 g/mol. The molecular weight excluding hydrogens is 364 g/mol. The first-order valence-electron chi connectivity index (χ1n) is 9.03. The topological polar surface area (TPSA) is 127 Å². The summed E-state index contributed by atoms with van der Waals surface area (Å²) in [6, 6.07) is 4.24. The van der Waals surface area contributed by atoms with Crippen LogP contribution in [-0.4, -0.2) is 41.9 Å². The minimum absolute atomic E-state index is 0.121. The number of hydrogen-bond acceptors (Lipinski definition) is 7. The SMILES string of the molecule is Cc1cc(C)n(-c2nnc(SCC(=O)NC3(C#N)CCCCCC3)n2N)n1. The van der Waals surface area contributed by atoms with Crippen LogP contribution in [0.25, 0.3) is 5.95 Å². The summed E-state index contributed by atoms with van der Waals surface area (Å²) in [5.74, 6) is 6.40. The van der Waals surface area contributed by atoms with Crippen LogP contribution in [0.15, 0.2) is 11.2 Å². The van der Waals surface area contributed by atoms with E-state index in [1.165, 1.54) is 16.4 Å². The third kappa shape index (κ3) is 4.24. The lowest BCUT2D eigenvalue weighted by atomic mass is 9.92. The number of carbonyl (C=O) groups excluding carboxylic acids is 1. The molecule has 27 heavy (non-hydrogen) atoms. The summed E-state index contributed by atoms with van der Waals surface area (Å²) in [6.45, 7) is 3.79. The highest BCUT2D eigenvalue weighted by atomic mass is 32.2. The summed E-state index contributed by atoms with van der Waals surface area (Å²) in [4.78, 5) is 12.4. The van der Waals surface area contributed by atoms with Gasteiger partial charge in [-0.3, -0.25) is 4.79 Å². The van der Waals surface area contributed by atoms with E-state index < -0.39 is 5.54 Å². The Labute approximate surface area is 162 Å². The van der Waals surface area contributed by atoms with Gasteiger partial charge in [-0.05, 0) is 32.8 Å². The molecule has 3 rings (SSSR count). The van der Waals surface area contributed by atoms with Gasteiger partial charge in [-0.25, -0.2) is 9.36 Å². The van der Waals surface area contributed by atoms with Crippen LogP contribution < -0.4 is 11.2 Å².